The lowest BCUT2D eigenvalue weighted by atomic mass is 9.84. The van der Waals surface area contributed by atoms with Crippen molar-refractivity contribution in [3.05, 3.63) is 35.4 Å². The number of benzene rings is 1. The highest BCUT2D eigenvalue weighted by atomic mass is 16.4. The zero-order valence-electron chi connectivity index (χ0n) is 12.6. The molecule has 22 heavy (non-hydrogen) atoms. The van der Waals surface area contributed by atoms with Gasteiger partial charge in [0.05, 0.1) is 0 Å². The van der Waals surface area contributed by atoms with E-state index in [9.17, 15) is 14.7 Å². The average Bonchev–Trinajstić information content (AvgIpc) is 2.87. The molecule has 0 aromatic heterocycles. The molecule has 2 aliphatic rings. The van der Waals surface area contributed by atoms with E-state index >= 15 is 0 Å². The van der Waals surface area contributed by atoms with Gasteiger partial charge in [0.2, 0.25) is 5.91 Å². The summed E-state index contributed by atoms with van der Waals surface area (Å²) in [5.41, 5.74) is 6.75. The number of nitrogens with zero attached hydrogens (tertiary/aromatic N) is 1. The largest absolute Gasteiger partial charge is 0.480 e. The Hall–Kier alpha value is -1.88. The fourth-order valence-electron chi connectivity index (χ4n) is 4.06. The van der Waals surface area contributed by atoms with Crippen LogP contribution in [0.25, 0.3) is 0 Å². The quantitative estimate of drug-likeness (QED) is 0.891. The molecule has 1 saturated carbocycles. The molecule has 3 atom stereocenters. The van der Waals surface area contributed by atoms with Gasteiger partial charge in [-0.2, -0.15) is 0 Å². The first-order chi connectivity index (χ1) is 10.6. The number of carbonyl (C=O) groups excluding carboxylic acids is 1. The van der Waals surface area contributed by atoms with Crippen LogP contribution < -0.4 is 5.73 Å². The lowest BCUT2D eigenvalue weighted by molar-refractivity contribution is -0.142. The summed E-state index contributed by atoms with van der Waals surface area (Å²) in [6.07, 6.45) is 5.33. The zero-order valence-corrected chi connectivity index (χ0v) is 12.6. The summed E-state index contributed by atoms with van der Waals surface area (Å²) in [5, 5.41) is 9.54. The van der Waals surface area contributed by atoms with Crippen molar-refractivity contribution in [3.63, 3.8) is 0 Å². The number of hydrogen-bond donors (Lipinski definition) is 2. The molecule has 5 heteroatoms. The lowest BCUT2D eigenvalue weighted by Crippen LogP contribution is -2.41. The van der Waals surface area contributed by atoms with Gasteiger partial charge in [0.15, 0.2) is 0 Å². The van der Waals surface area contributed by atoms with Crippen LogP contribution in [-0.2, 0) is 11.3 Å². The lowest BCUT2D eigenvalue weighted by Gasteiger charge is -2.33. The second-order valence-corrected chi connectivity index (χ2v) is 6.44. The van der Waals surface area contributed by atoms with Crippen molar-refractivity contribution >= 4 is 11.9 Å². The van der Waals surface area contributed by atoms with Crippen molar-refractivity contribution in [3.8, 4) is 0 Å². The Labute approximate surface area is 130 Å². The SMILES string of the molecule is NC(=O)c1cccc(CN2[C@H](C(=O)O)C[C@@H]3CCCC[C@@H]32)c1. The topological polar surface area (TPSA) is 83.6 Å². The van der Waals surface area contributed by atoms with Crippen LogP contribution in [0.2, 0.25) is 0 Å². The number of nitrogens with two attached hydrogens (primary N) is 1. The molecule has 1 aromatic rings. The number of hydrogen-bond acceptors (Lipinski definition) is 3. The molecule has 0 bridgehead atoms. The highest BCUT2D eigenvalue weighted by Gasteiger charge is 2.44. The van der Waals surface area contributed by atoms with Gasteiger partial charge >= 0.3 is 5.97 Å². The Kier molecular flexibility index (Phi) is 4.16. The summed E-state index contributed by atoms with van der Waals surface area (Å²) >= 11 is 0. The number of fused-ring (bicyclic) bond motifs is 1. The maximum atomic E-state index is 11.6. The highest BCUT2D eigenvalue weighted by Crippen LogP contribution is 2.40. The predicted molar refractivity (Wildman–Crippen MR) is 82.3 cm³/mol. The van der Waals surface area contributed by atoms with Gasteiger partial charge in [-0.15, -0.1) is 0 Å². The molecule has 2 fully saturated rings. The smallest absolute Gasteiger partial charge is 0.320 e. The van der Waals surface area contributed by atoms with Gasteiger partial charge < -0.3 is 10.8 Å². The molecule has 1 saturated heterocycles. The molecular formula is C17H22N2O3. The average molecular weight is 302 g/mol. The Balaban J connectivity index is 1.83. The van der Waals surface area contributed by atoms with E-state index < -0.39 is 17.9 Å². The number of carboxylic acids is 1. The van der Waals surface area contributed by atoms with Gasteiger partial charge in [0.1, 0.15) is 6.04 Å². The van der Waals surface area contributed by atoms with Crippen molar-refractivity contribution in [2.45, 2.75) is 50.7 Å². The van der Waals surface area contributed by atoms with Crippen LogP contribution in [0.15, 0.2) is 24.3 Å². The second-order valence-electron chi connectivity index (χ2n) is 6.44. The summed E-state index contributed by atoms with van der Waals surface area (Å²) in [6.45, 7) is 0.569. The molecule has 1 amide bonds. The number of aliphatic carboxylic acids is 1. The van der Waals surface area contributed by atoms with Gasteiger partial charge in [-0.3, -0.25) is 14.5 Å². The van der Waals surface area contributed by atoms with Gasteiger partial charge in [-0.25, -0.2) is 0 Å². The molecule has 3 rings (SSSR count). The maximum Gasteiger partial charge on any atom is 0.320 e. The fourth-order valence-corrected chi connectivity index (χ4v) is 4.06. The van der Waals surface area contributed by atoms with E-state index in [1.54, 1.807) is 18.2 Å². The van der Waals surface area contributed by atoms with Crippen LogP contribution in [0.5, 0.6) is 0 Å². The Morgan fingerprint density at radius 1 is 1.27 bits per heavy atom. The minimum Gasteiger partial charge on any atom is -0.480 e. The molecular weight excluding hydrogens is 280 g/mol. The first kappa shape index (κ1) is 15.0. The first-order valence-electron chi connectivity index (χ1n) is 7.93. The summed E-state index contributed by atoms with van der Waals surface area (Å²) in [5.74, 6) is -0.691. The van der Waals surface area contributed by atoms with Crippen LogP contribution in [0.4, 0.5) is 0 Å². The van der Waals surface area contributed by atoms with Gasteiger partial charge in [0.25, 0.3) is 0 Å². The van der Waals surface area contributed by atoms with Gasteiger partial charge in [-0.1, -0.05) is 25.0 Å². The van der Waals surface area contributed by atoms with E-state index in [1.807, 2.05) is 6.07 Å². The fraction of sp³-hybridized carbons (Fsp3) is 0.529. The monoisotopic (exact) mass is 302 g/mol. The molecule has 1 aromatic carbocycles. The standard InChI is InChI=1S/C17H22N2O3/c18-16(20)13-6-3-4-11(8-13)10-19-14-7-2-1-5-12(14)9-15(19)17(21)22/h3-4,6,8,12,14-15H,1-2,5,7,9-10H2,(H2,18,20)(H,21,22)/t12-,14-,15-/m0/s1. The van der Waals surface area contributed by atoms with Crippen LogP contribution in [0.3, 0.4) is 0 Å². The van der Waals surface area contributed by atoms with Crippen LogP contribution >= 0.6 is 0 Å². The third-order valence-corrected chi connectivity index (χ3v) is 5.08. The molecule has 0 spiro atoms. The molecule has 1 aliphatic carbocycles. The molecule has 118 valence electrons. The van der Waals surface area contributed by atoms with Gasteiger partial charge in [-0.05, 0) is 42.9 Å². The minimum atomic E-state index is -0.736. The van der Waals surface area contributed by atoms with Crippen LogP contribution in [0.1, 0.15) is 48.0 Å². The molecule has 3 N–H and O–H groups in total. The van der Waals surface area contributed by atoms with E-state index in [-0.39, 0.29) is 0 Å². The summed E-state index contributed by atoms with van der Waals surface area (Å²) in [7, 11) is 0. The van der Waals surface area contributed by atoms with E-state index in [0.29, 0.717) is 24.1 Å². The van der Waals surface area contributed by atoms with Crippen molar-refractivity contribution < 1.29 is 14.7 Å². The summed E-state index contributed by atoms with van der Waals surface area (Å²) < 4.78 is 0. The molecule has 1 heterocycles. The van der Waals surface area contributed by atoms with Crippen molar-refractivity contribution in [1.29, 1.82) is 0 Å². The van der Waals surface area contributed by atoms with Gasteiger partial charge in [0, 0.05) is 18.2 Å². The van der Waals surface area contributed by atoms with Crippen LogP contribution in [0, 0.1) is 5.92 Å². The van der Waals surface area contributed by atoms with E-state index in [0.717, 1.165) is 24.8 Å². The first-order valence-corrected chi connectivity index (χ1v) is 7.93. The summed E-state index contributed by atoms with van der Waals surface area (Å²) in [4.78, 5) is 25.0. The van der Waals surface area contributed by atoms with E-state index in [4.69, 9.17) is 5.73 Å². The zero-order chi connectivity index (χ0) is 15.7. The minimum absolute atomic E-state index is 0.354. The second kappa shape index (κ2) is 6.08. The number of likely N-dealkylation sites (tertiary alicyclic amines) is 1. The normalized spacial score (nSPS) is 28.3. The van der Waals surface area contributed by atoms with Crippen molar-refractivity contribution in [2.24, 2.45) is 11.7 Å². The number of carboxylic acid groups (broad SMARTS) is 1. The number of primary amides is 1. The Morgan fingerprint density at radius 3 is 2.77 bits per heavy atom. The third kappa shape index (κ3) is 2.86. The number of rotatable bonds is 4. The highest BCUT2D eigenvalue weighted by molar-refractivity contribution is 5.92. The maximum absolute atomic E-state index is 11.6. The number of amides is 1. The van der Waals surface area contributed by atoms with E-state index in [2.05, 4.69) is 4.90 Å². The van der Waals surface area contributed by atoms with Crippen molar-refractivity contribution in [2.75, 3.05) is 0 Å². The van der Waals surface area contributed by atoms with Crippen LogP contribution in [-0.4, -0.2) is 34.0 Å². The number of carbonyl (C=O) groups is 2. The third-order valence-electron chi connectivity index (χ3n) is 5.08. The molecule has 0 unspecified atom stereocenters. The molecule has 5 nitrogen and oxygen atoms in total. The Morgan fingerprint density at radius 2 is 2.05 bits per heavy atom. The Bertz CT molecular complexity index is 587. The molecule has 0 radical (unpaired) electrons. The molecule has 1 aliphatic heterocycles. The van der Waals surface area contributed by atoms with E-state index in [1.165, 1.54) is 12.8 Å². The summed E-state index contributed by atoms with van der Waals surface area (Å²) in [6, 6.07) is 7.14. The predicted octanol–water partition coefficient (Wildman–Crippen LogP) is 2.00. The van der Waals surface area contributed by atoms with Crippen molar-refractivity contribution in [1.82, 2.24) is 4.90 Å².